The maximum Gasteiger partial charge on any atom is 0.343 e. The third kappa shape index (κ3) is 4.05. The number of urea groups is 1. The summed E-state index contributed by atoms with van der Waals surface area (Å²) in [6, 6.07) is 4.43. The molecule has 140 valence electrons. The van der Waals surface area contributed by atoms with E-state index >= 15 is 0 Å². The average molecular weight is 362 g/mol. The Labute approximate surface area is 151 Å². The van der Waals surface area contributed by atoms with Crippen LogP contribution in [0.1, 0.15) is 23.0 Å². The monoisotopic (exact) mass is 362 g/mol. The maximum absolute atomic E-state index is 12.3. The number of ether oxygens (including phenoxy) is 3. The number of hydrogen-bond donors (Lipinski definition) is 2. The lowest BCUT2D eigenvalue weighted by Crippen LogP contribution is -2.23. The molecule has 0 bridgehead atoms. The van der Waals surface area contributed by atoms with Gasteiger partial charge >= 0.3 is 12.0 Å². The molecule has 0 atom stereocenters. The zero-order chi connectivity index (χ0) is 19.3. The number of rotatable bonds is 6. The zero-order valence-electron chi connectivity index (χ0n) is 15.4. The number of benzene rings is 1. The van der Waals surface area contributed by atoms with Crippen molar-refractivity contribution in [2.75, 3.05) is 31.5 Å². The van der Waals surface area contributed by atoms with Crippen LogP contribution in [-0.4, -0.2) is 42.6 Å². The number of amides is 2. The van der Waals surface area contributed by atoms with Gasteiger partial charge in [-0.2, -0.15) is 5.10 Å². The van der Waals surface area contributed by atoms with Gasteiger partial charge in [0.2, 0.25) is 0 Å². The lowest BCUT2D eigenvalue weighted by molar-refractivity contribution is 0.0526. The van der Waals surface area contributed by atoms with Crippen molar-refractivity contribution >= 4 is 23.5 Å². The molecule has 2 aromatic rings. The van der Waals surface area contributed by atoms with Crippen LogP contribution in [0.2, 0.25) is 0 Å². The lowest BCUT2D eigenvalue weighted by Gasteiger charge is -2.12. The third-order valence-electron chi connectivity index (χ3n) is 3.58. The summed E-state index contributed by atoms with van der Waals surface area (Å²) >= 11 is 0. The standard InChI is InChI=1S/C17H22N4O5/c1-6-26-16(22)14-10(2)20-21(3)15(14)19-17(23)18-11-7-8-12(24-4)13(9-11)25-5/h7-9H,6H2,1-5H3,(H2,18,19,23). The first kappa shape index (κ1) is 19.1. The van der Waals surface area contributed by atoms with Crippen molar-refractivity contribution in [1.82, 2.24) is 9.78 Å². The predicted octanol–water partition coefficient (Wildman–Crippen LogP) is 2.57. The van der Waals surface area contributed by atoms with Crippen molar-refractivity contribution < 1.29 is 23.8 Å². The molecule has 0 aliphatic rings. The highest BCUT2D eigenvalue weighted by Gasteiger charge is 2.23. The zero-order valence-corrected chi connectivity index (χ0v) is 15.4. The van der Waals surface area contributed by atoms with Gasteiger partial charge in [-0.15, -0.1) is 0 Å². The van der Waals surface area contributed by atoms with Crippen molar-refractivity contribution in [1.29, 1.82) is 0 Å². The number of carbonyl (C=O) groups is 2. The molecule has 0 saturated carbocycles. The minimum Gasteiger partial charge on any atom is -0.493 e. The fraction of sp³-hybridized carbons (Fsp3) is 0.353. The molecule has 9 nitrogen and oxygen atoms in total. The van der Waals surface area contributed by atoms with Gasteiger partial charge in [0.1, 0.15) is 11.4 Å². The van der Waals surface area contributed by atoms with Crippen LogP contribution in [0.25, 0.3) is 0 Å². The molecule has 0 aliphatic heterocycles. The van der Waals surface area contributed by atoms with Crippen molar-refractivity contribution in [3.05, 3.63) is 29.5 Å². The van der Waals surface area contributed by atoms with Gasteiger partial charge in [-0.25, -0.2) is 9.59 Å². The Bertz CT molecular complexity index is 816. The molecular formula is C17H22N4O5. The molecule has 1 aromatic carbocycles. The van der Waals surface area contributed by atoms with E-state index in [1.165, 1.54) is 18.9 Å². The van der Waals surface area contributed by atoms with Gasteiger partial charge in [-0.3, -0.25) is 10.00 Å². The van der Waals surface area contributed by atoms with Gasteiger partial charge in [0.05, 0.1) is 26.5 Å². The number of methoxy groups -OCH3 is 2. The molecule has 2 rings (SSSR count). The number of aryl methyl sites for hydroxylation is 2. The summed E-state index contributed by atoms with van der Waals surface area (Å²) < 4.78 is 16.8. The Morgan fingerprint density at radius 2 is 1.85 bits per heavy atom. The number of aromatic nitrogens is 2. The number of nitrogens with one attached hydrogen (secondary N) is 2. The van der Waals surface area contributed by atoms with Gasteiger partial charge in [0, 0.05) is 18.8 Å². The maximum atomic E-state index is 12.3. The molecular weight excluding hydrogens is 340 g/mol. The van der Waals surface area contributed by atoms with Crippen LogP contribution in [-0.2, 0) is 11.8 Å². The summed E-state index contributed by atoms with van der Waals surface area (Å²) in [6.45, 7) is 3.61. The first-order valence-corrected chi connectivity index (χ1v) is 7.92. The van der Waals surface area contributed by atoms with Crippen molar-refractivity contribution in [2.24, 2.45) is 7.05 Å². The highest BCUT2D eigenvalue weighted by Crippen LogP contribution is 2.30. The van der Waals surface area contributed by atoms with E-state index in [1.807, 2.05) is 0 Å². The van der Waals surface area contributed by atoms with Crippen LogP contribution >= 0.6 is 0 Å². The van der Waals surface area contributed by atoms with E-state index in [0.717, 1.165) is 0 Å². The van der Waals surface area contributed by atoms with Crippen LogP contribution < -0.4 is 20.1 Å². The van der Waals surface area contributed by atoms with Crippen molar-refractivity contribution in [2.45, 2.75) is 13.8 Å². The summed E-state index contributed by atoms with van der Waals surface area (Å²) in [5.74, 6) is 0.734. The first-order valence-electron chi connectivity index (χ1n) is 7.92. The van der Waals surface area contributed by atoms with E-state index in [4.69, 9.17) is 14.2 Å². The molecule has 2 N–H and O–H groups in total. The van der Waals surface area contributed by atoms with Gasteiger partial charge in [-0.1, -0.05) is 0 Å². The van der Waals surface area contributed by atoms with E-state index in [9.17, 15) is 9.59 Å². The predicted molar refractivity (Wildman–Crippen MR) is 96.1 cm³/mol. The summed E-state index contributed by atoms with van der Waals surface area (Å²) in [5.41, 5.74) is 1.18. The normalized spacial score (nSPS) is 10.2. The second kappa shape index (κ2) is 8.24. The number of nitrogens with zero attached hydrogens (tertiary/aromatic N) is 2. The summed E-state index contributed by atoms with van der Waals surface area (Å²) in [7, 11) is 4.66. The lowest BCUT2D eigenvalue weighted by atomic mass is 10.2. The van der Waals surface area contributed by atoms with Gasteiger partial charge < -0.3 is 19.5 Å². The van der Waals surface area contributed by atoms with Gasteiger partial charge in [0.15, 0.2) is 11.5 Å². The smallest absolute Gasteiger partial charge is 0.343 e. The van der Waals surface area contributed by atoms with E-state index < -0.39 is 12.0 Å². The molecule has 0 spiro atoms. The molecule has 1 aromatic heterocycles. The second-order valence-electron chi connectivity index (χ2n) is 5.30. The van der Waals surface area contributed by atoms with Crippen molar-refractivity contribution in [3.63, 3.8) is 0 Å². The van der Waals surface area contributed by atoms with Crippen LogP contribution in [0.5, 0.6) is 11.5 Å². The van der Waals surface area contributed by atoms with E-state index in [-0.39, 0.29) is 18.0 Å². The first-order chi connectivity index (χ1) is 12.4. The van der Waals surface area contributed by atoms with Crippen LogP contribution in [0, 0.1) is 6.92 Å². The Kier molecular flexibility index (Phi) is 6.05. The summed E-state index contributed by atoms with van der Waals surface area (Å²) in [4.78, 5) is 24.5. The largest absolute Gasteiger partial charge is 0.493 e. The number of esters is 1. The Morgan fingerprint density at radius 1 is 1.15 bits per heavy atom. The number of anilines is 2. The molecule has 0 aliphatic carbocycles. The topological polar surface area (TPSA) is 104 Å². The van der Waals surface area contributed by atoms with E-state index in [1.54, 1.807) is 39.1 Å². The highest BCUT2D eigenvalue weighted by molar-refractivity contribution is 6.04. The van der Waals surface area contributed by atoms with Gasteiger partial charge in [0.25, 0.3) is 0 Å². The highest BCUT2D eigenvalue weighted by atomic mass is 16.5. The molecule has 1 heterocycles. The molecule has 0 fully saturated rings. The van der Waals surface area contributed by atoms with E-state index in [0.29, 0.717) is 22.9 Å². The fourth-order valence-electron chi connectivity index (χ4n) is 2.43. The minimum atomic E-state index is -0.542. The number of carbonyl (C=O) groups excluding carboxylic acids is 2. The molecule has 26 heavy (non-hydrogen) atoms. The summed E-state index contributed by atoms with van der Waals surface area (Å²) in [5, 5.41) is 9.46. The van der Waals surface area contributed by atoms with Crippen LogP contribution in [0.3, 0.4) is 0 Å². The third-order valence-corrected chi connectivity index (χ3v) is 3.58. The van der Waals surface area contributed by atoms with Crippen molar-refractivity contribution in [3.8, 4) is 11.5 Å². The minimum absolute atomic E-state index is 0.219. The van der Waals surface area contributed by atoms with E-state index in [2.05, 4.69) is 15.7 Å². The number of hydrogen-bond acceptors (Lipinski definition) is 6. The Morgan fingerprint density at radius 3 is 2.46 bits per heavy atom. The van der Waals surface area contributed by atoms with Crippen LogP contribution in [0.4, 0.5) is 16.3 Å². The van der Waals surface area contributed by atoms with Crippen LogP contribution in [0.15, 0.2) is 18.2 Å². The molecule has 2 amide bonds. The SMILES string of the molecule is CCOC(=O)c1c(C)nn(C)c1NC(=O)Nc1ccc(OC)c(OC)c1. The molecule has 9 heteroatoms. The second-order valence-corrected chi connectivity index (χ2v) is 5.30. The fourth-order valence-corrected chi connectivity index (χ4v) is 2.43. The average Bonchev–Trinajstić information content (AvgIpc) is 2.88. The summed E-state index contributed by atoms with van der Waals surface area (Å²) in [6.07, 6.45) is 0. The Balaban J connectivity index is 2.19. The molecule has 0 radical (unpaired) electrons. The molecule has 0 unspecified atom stereocenters. The Hall–Kier alpha value is -3.23. The molecule has 0 saturated heterocycles. The quantitative estimate of drug-likeness (QED) is 0.766. The van der Waals surface area contributed by atoms with Gasteiger partial charge in [-0.05, 0) is 26.0 Å².